The number of ether oxygens (including phenoxy) is 1. The number of sulfonamides is 1. The number of nitrogens with one attached hydrogen (secondary N) is 1. The Kier molecular flexibility index (Phi) is 7.30. The first-order valence-electron chi connectivity index (χ1n) is 9.58. The van der Waals surface area contributed by atoms with Crippen LogP contribution in [0.1, 0.15) is 43.5 Å². The first kappa shape index (κ1) is 22.7. The van der Waals surface area contributed by atoms with Crippen LogP contribution in [0.4, 0.5) is 5.69 Å². The first-order chi connectivity index (χ1) is 13.5. The molecule has 2 rings (SSSR count). The van der Waals surface area contributed by atoms with Crippen molar-refractivity contribution < 1.29 is 17.9 Å². The highest BCUT2D eigenvalue weighted by atomic mass is 32.2. The number of carbonyl (C=O) groups excluding carboxylic acids is 1. The van der Waals surface area contributed by atoms with Gasteiger partial charge < -0.3 is 10.1 Å². The van der Waals surface area contributed by atoms with Gasteiger partial charge in [-0.3, -0.25) is 9.10 Å². The van der Waals surface area contributed by atoms with Crippen LogP contribution in [0, 0.1) is 13.8 Å². The van der Waals surface area contributed by atoms with Crippen LogP contribution >= 0.6 is 0 Å². The second-order valence-corrected chi connectivity index (χ2v) is 9.47. The molecule has 2 aromatic rings. The summed E-state index contributed by atoms with van der Waals surface area (Å²) in [6.07, 6.45) is 1.04. The fraction of sp³-hybridized carbons (Fsp3) is 0.409. The quantitative estimate of drug-likeness (QED) is 0.709. The highest BCUT2D eigenvalue weighted by Crippen LogP contribution is 2.24. The molecule has 0 spiro atoms. The highest BCUT2D eigenvalue weighted by molar-refractivity contribution is 7.92. The predicted octanol–water partition coefficient (Wildman–Crippen LogP) is 3.73. The van der Waals surface area contributed by atoms with Gasteiger partial charge in [-0.05, 0) is 63.4 Å². The van der Waals surface area contributed by atoms with Crippen molar-refractivity contribution >= 4 is 21.6 Å². The molecule has 0 aliphatic rings. The molecule has 0 aliphatic carbocycles. The Morgan fingerprint density at radius 2 is 1.76 bits per heavy atom. The molecule has 7 heteroatoms. The minimum Gasteiger partial charge on any atom is -0.491 e. The van der Waals surface area contributed by atoms with Crippen LogP contribution in [0.5, 0.6) is 5.75 Å². The maximum absolute atomic E-state index is 12.6. The summed E-state index contributed by atoms with van der Waals surface area (Å²) < 4.78 is 31.4. The van der Waals surface area contributed by atoms with Gasteiger partial charge in [0.1, 0.15) is 12.3 Å². The Morgan fingerprint density at radius 1 is 1.07 bits per heavy atom. The monoisotopic (exact) mass is 418 g/mol. The van der Waals surface area contributed by atoms with Gasteiger partial charge in [0.15, 0.2) is 0 Å². The molecule has 0 unspecified atom stereocenters. The average Bonchev–Trinajstić information content (AvgIpc) is 2.60. The van der Waals surface area contributed by atoms with E-state index in [1.165, 1.54) is 5.56 Å². The molecule has 2 aromatic carbocycles. The van der Waals surface area contributed by atoms with E-state index < -0.39 is 10.0 Å². The molecular formula is C22H30N2O4S. The molecule has 0 aliphatic heterocycles. The van der Waals surface area contributed by atoms with Gasteiger partial charge in [0.25, 0.3) is 0 Å². The summed E-state index contributed by atoms with van der Waals surface area (Å²) in [6.45, 7) is 9.41. The zero-order chi connectivity index (χ0) is 21.8. The third-order valence-corrected chi connectivity index (χ3v) is 5.71. The molecule has 1 N–H and O–H groups in total. The fourth-order valence-electron chi connectivity index (χ4n) is 2.92. The number of rotatable bonds is 8. The number of carbonyl (C=O) groups is 1. The number of anilines is 1. The lowest BCUT2D eigenvalue weighted by Crippen LogP contribution is -2.41. The molecule has 0 fully saturated rings. The SMILES string of the molecule is Cc1ccc([C@@H](C)NC(=O)CN(c2cccc(OC(C)C)c2)S(C)(=O)=O)cc1C. The summed E-state index contributed by atoms with van der Waals surface area (Å²) in [5, 5.41) is 2.89. The largest absolute Gasteiger partial charge is 0.491 e. The van der Waals surface area contributed by atoms with Gasteiger partial charge in [-0.25, -0.2) is 8.42 Å². The minimum absolute atomic E-state index is 0.0425. The van der Waals surface area contributed by atoms with E-state index in [1.54, 1.807) is 24.3 Å². The number of hydrogen-bond acceptors (Lipinski definition) is 4. The van der Waals surface area contributed by atoms with Crippen LogP contribution in [0.15, 0.2) is 42.5 Å². The maximum Gasteiger partial charge on any atom is 0.241 e. The summed E-state index contributed by atoms with van der Waals surface area (Å²) in [5.41, 5.74) is 3.68. The highest BCUT2D eigenvalue weighted by Gasteiger charge is 2.22. The van der Waals surface area contributed by atoms with Crippen LogP contribution in [0.2, 0.25) is 0 Å². The lowest BCUT2D eigenvalue weighted by molar-refractivity contribution is -0.120. The van der Waals surface area contributed by atoms with E-state index in [2.05, 4.69) is 5.32 Å². The summed E-state index contributed by atoms with van der Waals surface area (Å²) in [7, 11) is -3.65. The van der Waals surface area contributed by atoms with E-state index in [0.29, 0.717) is 11.4 Å². The van der Waals surface area contributed by atoms with Crippen molar-refractivity contribution in [2.45, 2.75) is 46.8 Å². The zero-order valence-electron chi connectivity index (χ0n) is 17.9. The summed E-state index contributed by atoms with van der Waals surface area (Å²) >= 11 is 0. The predicted molar refractivity (Wildman–Crippen MR) is 117 cm³/mol. The Labute approximate surface area is 173 Å². The fourth-order valence-corrected chi connectivity index (χ4v) is 3.77. The van der Waals surface area contributed by atoms with Gasteiger partial charge in [0.05, 0.1) is 24.1 Å². The molecule has 0 aromatic heterocycles. The molecule has 1 atom stereocenters. The van der Waals surface area contributed by atoms with E-state index in [-0.39, 0.29) is 24.6 Å². The van der Waals surface area contributed by atoms with Crippen molar-refractivity contribution in [3.63, 3.8) is 0 Å². The second kappa shape index (κ2) is 9.31. The number of benzene rings is 2. The Balaban J connectivity index is 2.18. The molecule has 158 valence electrons. The van der Waals surface area contributed by atoms with E-state index >= 15 is 0 Å². The maximum atomic E-state index is 12.6. The standard InChI is InChI=1S/C22H30N2O4S/c1-15(2)28-21-9-7-8-20(13-21)24(29(6,26)27)14-22(25)23-18(5)19-11-10-16(3)17(4)12-19/h7-13,15,18H,14H2,1-6H3,(H,23,25)/t18-/m1/s1. The van der Waals surface area contributed by atoms with Crippen molar-refractivity contribution in [2.24, 2.45) is 0 Å². The van der Waals surface area contributed by atoms with Gasteiger partial charge in [-0.2, -0.15) is 0 Å². The topological polar surface area (TPSA) is 75.7 Å². The average molecular weight is 419 g/mol. The Bertz CT molecular complexity index is 971. The molecule has 0 bridgehead atoms. The Hall–Kier alpha value is -2.54. The number of hydrogen-bond donors (Lipinski definition) is 1. The molecule has 0 saturated heterocycles. The van der Waals surface area contributed by atoms with Crippen LogP contribution < -0.4 is 14.4 Å². The molecule has 6 nitrogen and oxygen atoms in total. The van der Waals surface area contributed by atoms with Crippen LogP contribution in [-0.2, 0) is 14.8 Å². The lowest BCUT2D eigenvalue weighted by Gasteiger charge is -2.24. The normalized spacial score (nSPS) is 12.5. The summed E-state index contributed by atoms with van der Waals surface area (Å²) in [6, 6.07) is 12.5. The Morgan fingerprint density at radius 3 is 2.34 bits per heavy atom. The van der Waals surface area contributed by atoms with Gasteiger partial charge in [-0.15, -0.1) is 0 Å². The first-order valence-corrected chi connectivity index (χ1v) is 11.4. The van der Waals surface area contributed by atoms with Crippen LogP contribution in [0.25, 0.3) is 0 Å². The molecule has 0 radical (unpaired) electrons. The number of amides is 1. The number of nitrogens with zero attached hydrogens (tertiary/aromatic N) is 1. The molecule has 0 saturated carbocycles. The van der Waals surface area contributed by atoms with Crippen molar-refractivity contribution in [1.29, 1.82) is 0 Å². The lowest BCUT2D eigenvalue weighted by atomic mass is 10.0. The van der Waals surface area contributed by atoms with E-state index in [9.17, 15) is 13.2 Å². The van der Waals surface area contributed by atoms with E-state index in [0.717, 1.165) is 21.7 Å². The third-order valence-electron chi connectivity index (χ3n) is 4.57. The minimum atomic E-state index is -3.65. The van der Waals surface area contributed by atoms with Gasteiger partial charge in [0.2, 0.25) is 15.9 Å². The van der Waals surface area contributed by atoms with E-state index in [1.807, 2.05) is 52.8 Å². The van der Waals surface area contributed by atoms with E-state index in [4.69, 9.17) is 4.74 Å². The second-order valence-electron chi connectivity index (χ2n) is 7.57. The molecule has 29 heavy (non-hydrogen) atoms. The van der Waals surface area contributed by atoms with Crippen molar-refractivity contribution in [1.82, 2.24) is 5.32 Å². The van der Waals surface area contributed by atoms with Crippen molar-refractivity contribution in [3.8, 4) is 5.75 Å². The summed E-state index contributed by atoms with van der Waals surface area (Å²) in [5.74, 6) is 0.173. The van der Waals surface area contributed by atoms with Gasteiger partial charge in [-0.1, -0.05) is 24.3 Å². The molecular weight excluding hydrogens is 388 g/mol. The smallest absolute Gasteiger partial charge is 0.241 e. The molecule has 0 heterocycles. The van der Waals surface area contributed by atoms with Crippen LogP contribution in [0.3, 0.4) is 0 Å². The van der Waals surface area contributed by atoms with Crippen molar-refractivity contribution in [3.05, 3.63) is 59.2 Å². The van der Waals surface area contributed by atoms with Crippen molar-refractivity contribution in [2.75, 3.05) is 17.1 Å². The van der Waals surface area contributed by atoms with Gasteiger partial charge in [0, 0.05) is 6.07 Å². The summed E-state index contributed by atoms with van der Waals surface area (Å²) in [4.78, 5) is 12.6. The van der Waals surface area contributed by atoms with Crippen LogP contribution in [-0.4, -0.2) is 33.2 Å². The number of aryl methyl sites for hydroxylation is 2. The third kappa shape index (κ3) is 6.49. The zero-order valence-corrected chi connectivity index (χ0v) is 18.7. The van der Waals surface area contributed by atoms with Gasteiger partial charge >= 0.3 is 0 Å². The molecule has 1 amide bonds.